The van der Waals surface area contributed by atoms with Gasteiger partial charge in [0.05, 0.1) is 17.8 Å². The maximum Gasteiger partial charge on any atom is 0.419 e. The fourth-order valence-electron chi connectivity index (χ4n) is 3.87. The number of aromatic nitrogens is 1. The van der Waals surface area contributed by atoms with Crippen LogP contribution in [0.1, 0.15) is 18.4 Å². The van der Waals surface area contributed by atoms with Gasteiger partial charge in [0.25, 0.3) is 0 Å². The van der Waals surface area contributed by atoms with Crippen molar-refractivity contribution in [3.63, 3.8) is 0 Å². The Balaban J connectivity index is 1.67. The summed E-state index contributed by atoms with van der Waals surface area (Å²) in [6.45, 7) is 1.98. The number of aliphatic hydroxyl groups is 3. The van der Waals surface area contributed by atoms with Gasteiger partial charge in [-0.2, -0.15) is 13.2 Å². The second kappa shape index (κ2) is 7.67. The van der Waals surface area contributed by atoms with E-state index in [4.69, 9.17) is 0 Å². The highest BCUT2D eigenvalue weighted by molar-refractivity contribution is 5.48. The van der Waals surface area contributed by atoms with Crippen molar-refractivity contribution >= 4 is 5.82 Å². The highest BCUT2D eigenvalue weighted by atomic mass is 19.4. The molecule has 0 radical (unpaired) electrons. The molecule has 2 aliphatic heterocycles. The van der Waals surface area contributed by atoms with Crippen molar-refractivity contribution < 1.29 is 28.5 Å². The van der Waals surface area contributed by atoms with E-state index in [1.165, 1.54) is 12.3 Å². The zero-order chi connectivity index (χ0) is 18.9. The molecule has 9 heteroatoms. The van der Waals surface area contributed by atoms with Crippen molar-refractivity contribution in [1.82, 2.24) is 9.88 Å². The average molecular weight is 375 g/mol. The third-order valence-corrected chi connectivity index (χ3v) is 5.11. The first kappa shape index (κ1) is 19.3. The number of nitrogens with zero attached hydrogens (tertiary/aromatic N) is 3. The molecule has 2 saturated heterocycles. The van der Waals surface area contributed by atoms with E-state index in [9.17, 15) is 28.5 Å². The molecule has 146 valence electrons. The summed E-state index contributed by atoms with van der Waals surface area (Å²) in [7, 11) is 0. The minimum atomic E-state index is -4.45. The Hall–Kier alpha value is -1.42. The number of piperidine rings is 2. The summed E-state index contributed by atoms with van der Waals surface area (Å²) in [5.74, 6) is 0.0559. The number of β-amino-alcohol motifs (C(OH)–C–C–N with tert-alkyl or cyclic N) is 2. The summed E-state index contributed by atoms with van der Waals surface area (Å²) in [5.41, 5.74) is -0.729. The van der Waals surface area contributed by atoms with Crippen LogP contribution in [0.5, 0.6) is 0 Å². The molecule has 0 aromatic carbocycles. The molecule has 0 saturated carbocycles. The lowest BCUT2D eigenvalue weighted by molar-refractivity contribution is -0.137. The van der Waals surface area contributed by atoms with Gasteiger partial charge in [0, 0.05) is 38.9 Å². The largest absolute Gasteiger partial charge is 0.419 e. The molecule has 1 aromatic rings. The van der Waals surface area contributed by atoms with Gasteiger partial charge in [-0.25, -0.2) is 4.98 Å². The van der Waals surface area contributed by atoms with Crippen LogP contribution in [0.25, 0.3) is 0 Å². The lowest BCUT2D eigenvalue weighted by Crippen LogP contribution is -2.56. The van der Waals surface area contributed by atoms with Crippen molar-refractivity contribution in [2.45, 2.75) is 37.3 Å². The molecular formula is C17H24F3N3O3. The predicted octanol–water partition coefficient (Wildman–Crippen LogP) is 0.715. The Labute approximate surface area is 149 Å². The maximum absolute atomic E-state index is 13.2. The van der Waals surface area contributed by atoms with Gasteiger partial charge < -0.3 is 20.2 Å². The number of alkyl halides is 3. The summed E-state index contributed by atoms with van der Waals surface area (Å²) in [4.78, 5) is 7.49. The number of rotatable bonds is 3. The Bertz CT molecular complexity index is 604. The first-order valence-electron chi connectivity index (χ1n) is 8.79. The minimum Gasteiger partial charge on any atom is -0.389 e. The number of anilines is 1. The van der Waals surface area contributed by atoms with E-state index in [0.29, 0.717) is 19.6 Å². The Kier molecular flexibility index (Phi) is 5.71. The molecule has 3 heterocycles. The molecule has 6 nitrogen and oxygen atoms in total. The van der Waals surface area contributed by atoms with Gasteiger partial charge in [-0.3, -0.25) is 4.90 Å². The van der Waals surface area contributed by atoms with E-state index in [1.54, 1.807) is 4.90 Å². The van der Waals surface area contributed by atoms with Crippen LogP contribution in [0, 0.1) is 5.92 Å². The smallest absolute Gasteiger partial charge is 0.389 e. The molecule has 3 atom stereocenters. The van der Waals surface area contributed by atoms with Gasteiger partial charge in [0.2, 0.25) is 0 Å². The van der Waals surface area contributed by atoms with Crippen LogP contribution in [-0.2, 0) is 6.18 Å². The zero-order valence-electron chi connectivity index (χ0n) is 14.3. The van der Waals surface area contributed by atoms with Crippen LogP contribution in [0.2, 0.25) is 0 Å². The minimum absolute atomic E-state index is 0.0427. The standard InChI is InChI=1S/C17H24F3N3O3/c18-17(19,20)12-4-1-5-21-16(12)23-6-2-3-11(8-23)7-22-9-13(24)15(26)14(25)10-22/h1,4-5,11,13-15,24-26H,2-3,6-10H2/t11-,13?,14?,15?/m1/s1. The molecule has 0 aliphatic carbocycles. The summed E-state index contributed by atoms with van der Waals surface area (Å²) in [6.07, 6.45) is -4.68. The fourth-order valence-corrected chi connectivity index (χ4v) is 3.87. The van der Waals surface area contributed by atoms with Crippen molar-refractivity contribution in [3.8, 4) is 0 Å². The normalized spacial score (nSPS) is 31.2. The summed E-state index contributed by atoms with van der Waals surface area (Å²) < 4.78 is 39.7. The number of hydrogen-bond donors (Lipinski definition) is 3. The number of hydrogen-bond acceptors (Lipinski definition) is 6. The van der Waals surface area contributed by atoms with E-state index < -0.39 is 30.1 Å². The topological polar surface area (TPSA) is 80.1 Å². The predicted molar refractivity (Wildman–Crippen MR) is 88.6 cm³/mol. The van der Waals surface area contributed by atoms with Gasteiger partial charge >= 0.3 is 6.18 Å². The van der Waals surface area contributed by atoms with Crippen molar-refractivity contribution in [3.05, 3.63) is 23.9 Å². The van der Waals surface area contributed by atoms with E-state index in [-0.39, 0.29) is 24.8 Å². The lowest BCUT2D eigenvalue weighted by atomic mass is 9.94. The SMILES string of the molecule is OC1CN(C[C@H]2CCCN(c3ncccc3C(F)(F)F)C2)CC(O)C1O. The molecule has 0 spiro atoms. The van der Waals surface area contributed by atoms with Crippen LogP contribution in [-0.4, -0.2) is 76.2 Å². The Morgan fingerprint density at radius 1 is 1.12 bits per heavy atom. The quantitative estimate of drug-likeness (QED) is 0.722. The highest BCUT2D eigenvalue weighted by Gasteiger charge is 2.38. The van der Waals surface area contributed by atoms with E-state index >= 15 is 0 Å². The molecule has 0 amide bonds. The van der Waals surface area contributed by atoms with E-state index in [1.807, 2.05) is 4.90 Å². The van der Waals surface area contributed by atoms with Crippen LogP contribution in [0.15, 0.2) is 18.3 Å². The number of aliphatic hydroxyl groups excluding tert-OH is 3. The van der Waals surface area contributed by atoms with Gasteiger partial charge in [-0.05, 0) is 30.9 Å². The highest BCUT2D eigenvalue weighted by Crippen LogP contribution is 2.36. The average Bonchev–Trinajstić information content (AvgIpc) is 2.59. The zero-order valence-corrected chi connectivity index (χ0v) is 14.3. The molecule has 0 bridgehead atoms. The van der Waals surface area contributed by atoms with Gasteiger partial charge in [0.15, 0.2) is 0 Å². The molecule has 3 N–H and O–H groups in total. The third-order valence-electron chi connectivity index (χ3n) is 5.11. The molecule has 2 unspecified atom stereocenters. The third kappa shape index (κ3) is 4.28. The molecule has 2 aliphatic rings. The molecular weight excluding hydrogens is 351 g/mol. The first-order valence-corrected chi connectivity index (χ1v) is 8.79. The van der Waals surface area contributed by atoms with Gasteiger partial charge in [-0.1, -0.05) is 0 Å². The van der Waals surface area contributed by atoms with Crippen LogP contribution in [0.3, 0.4) is 0 Å². The molecule has 1 aromatic heterocycles. The van der Waals surface area contributed by atoms with Crippen molar-refractivity contribution in [2.24, 2.45) is 5.92 Å². The van der Waals surface area contributed by atoms with E-state index in [2.05, 4.69) is 4.98 Å². The molecule has 3 rings (SSSR count). The van der Waals surface area contributed by atoms with Crippen LogP contribution in [0.4, 0.5) is 19.0 Å². The summed E-state index contributed by atoms with van der Waals surface area (Å²) in [5, 5.41) is 29.2. The number of likely N-dealkylation sites (tertiary alicyclic amines) is 1. The van der Waals surface area contributed by atoms with Crippen molar-refractivity contribution in [2.75, 3.05) is 37.6 Å². The summed E-state index contributed by atoms with van der Waals surface area (Å²) in [6, 6.07) is 2.33. The van der Waals surface area contributed by atoms with Gasteiger partial charge in [0.1, 0.15) is 11.9 Å². The second-order valence-corrected chi connectivity index (χ2v) is 7.17. The lowest BCUT2D eigenvalue weighted by Gasteiger charge is -2.41. The maximum atomic E-state index is 13.2. The van der Waals surface area contributed by atoms with Crippen molar-refractivity contribution in [1.29, 1.82) is 0 Å². The van der Waals surface area contributed by atoms with Crippen LogP contribution < -0.4 is 4.90 Å². The monoisotopic (exact) mass is 375 g/mol. The van der Waals surface area contributed by atoms with Crippen LogP contribution >= 0.6 is 0 Å². The Morgan fingerprint density at radius 3 is 2.46 bits per heavy atom. The number of halogens is 3. The molecule has 26 heavy (non-hydrogen) atoms. The molecule has 2 fully saturated rings. The second-order valence-electron chi connectivity index (χ2n) is 7.17. The number of pyridine rings is 1. The van der Waals surface area contributed by atoms with Gasteiger partial charge in [-0.15, -0.1) is 0 Å². The van der Waals surface area contributed by atoms with E-state index in [0.717, 1.165) is 18.9 Å². The fraction of sp³-hybridized carbons (Fsp3) is 0.706. The summed E-state index contributed by atoms with van der Waals surface area (Å²) >= 11 is 0. The first-order chi connectivity index (χ1) is 12.3. The Morgan fingerprint density at radius 2 is 1.81 bits per heavy atom.